The summed E-state index contributed by atoms with van der Waals surface area (Å²) in [5.41, 5.74) is 0.398. The molecule has 0 fully saturated rings. The van der Waals surface area contributed by atoms with E-state index in [2.05, 4.69) is 0 Å². The Bertz CT molecular complexity index is 486. The molecule has 1 aromatic rings. The smallest absolute Gasteiger partial charge is 0.335 e. The third-order valence-electron chi connectivity index (χ3n) is 2.35. The summed E-state index contributed by atoms with van der Waals surface area (Å²) < 4.78 is 5.16. The van der Waals surface area contributed by atoms with E-state index in [-0.39, 0.29) is 23.1 Å². The van der Waals surface area contributed by atoms with Crippen molar-refractivity contribution in [3.05, 3.63) is 22.7 Å². The SMILES string of the molecule is CN1C(=O)COc2c(Cl)cc(C(=O)O)cc21. The van der Waals surface area contributed by atoms with Gasteiger partial charge in [-0.05, 0) is 12.1 Å². The average Bonchev–Trinajstić information content (AvgIpc) is 2.23. The number of hydrogen-bond acceptors (Lipinski definition) is 3. The zero-order valence-electron chi connectivity index (χ0n) is 8.36. The van der Waals surface area contributed by atoms with Gasteiger partial charge in [0.25, 0.3) is 5.91 Å². The van der Waals surface area contributed by atoms with Crippen LogP contribution in [0.25, 0.3) is 0 Å². The molecule has 84 valence electrons. The quantitative estimate of drug-likeness (QED) is 0.807. The van der Waals surface area contributed by atoms with Crippen LogP contribution in [0.15, 0.2) is 12.1 Å². The number of aromatic carboxylic acids is 1. The number of hydrogen-bond donors (Lipinski definition) is 1. The number of anilines is 1. The molecule has 0 bridgehead atoms. The average molecular weight is 242 g/mol. The van der Waals surface area contributed by atoms with Crippen LogP contribution >= 0.6 is 11.6 Å². The molecular formula is C10H8ClNO4. The van der Waals surface area contributed by atoms with Crippen LogP contribution in [0.4, 0.5) is 5.69 Å². The van der Waals surface area contributed by atoms with Crippen molar-refractivity contribution in [2.45, 2.75) is 0 Å². The molecule has 2 rings (SSSR count). The zero-order valence-corrected chi connectivity index (χ0v) is 9.11. The number of nitrogens with zero attached hydrogens (tertiary/aromatic N) is 1. The van der Waals surface area contributed by atoms with Crippen LogP contribution in [0, 0.1) is 0 Å². The molecule has 0 atom stereocenters. The first kappa shape index (κ1) is 10.8. The van der Waals surface area contributed by atoms with Gasteiger partial charge in [-0.3, -0.25) is 4.79 Å². The second-order valence-corrected chi connectivity index (χ2v) is 3.76. The Balaban J connectivity index is 2.60. The Hall–Kier alpha value is -1.75. The van der Waals surface area contributed by atoms with Gasteiger partial charge >= 0.3 is 5.97 Å². The predicted octanol–water partition coefficient (Wildman–Crippen LogP) is 1.39. The van der Waals surface area contributed by atoms with Crippen LogP contribution in [0.5, 0.6) is 5.75 Å². The lowest BCUT2D eigenvalue weighted by Gasteiger charge is -2.26. The molecule has 5 nitrogen and oxygen atoms in total. The lowest BCUT2D eigenvalue weighted by Crippen LogP contribution is -2.35. The lowest BCUT2D eigenvalue weighted by atomic mass is 10.1. The Morgan fingerprint density at radius 2 is 2.25 bits per heavy atom. The number of rotatable bonds is 1. The first-order chi connectivity index (χ1) is 7.50. The number of carbonyl (C=O) groups excluding carboxylic acids is 1. The Labute approximate surface area is 96.2 Å². The second-order valence-electron chi connectivity index (χ2n) is 3.35. The van der Waals surface area contributed by atoms with Gasteiger partial charge in [0.2, 0.25) is 0 Å². The van der Waals surface area contributed by atoms with Crippen molar-refractivity contribution in [3.63, 3.8) is 0 Å². The summed E-state index contributed by atoms with van der Waals surface area (Å²) in [7, 11) is 1.55. The number of ether oxygens (including phenoxy) is 1. The number of carbonyl (C=O) groups is 2. The summed E-state index contributed by atoms with van der Waals surface area (Å²) in [6, 6.07) is 2.66. The van der Waals surface area contributed by atoms with Gasteiger partial charge < -0.3 is 14.7 Å². The molecule has 1 aliphatic rings. The first-order valence-electron chi connectivity index (χ1n) is 4.47. The molecule has 1 heterocycles. The van der Waals surface area contributed by atoms with Gasteiger partial charge in [0.15, 0.2) is 12.4 Å². The topological polar surface area (TPSA) is 66.8 Å². The van der Waals surface area contributed by atoms with Crippen LogP contribution in [-0.4, -0.2) is 30.6 Å². The third kappa shape index (κ3) is 1.59. The van der Waals surface area contributed by atoms with Crippen molar-refractivity contribution in [2.24, 2.45) is 0 Å². The molecular weight excluding hydrogens is 234 g/mol. The van der Waals surface area contributed by atoms with Crippen LogP contribution in [-0.2, 0) is 4.79 Å². The minimum absolute atomic E-state index is 0.0221. The summed E-state index contributed by atoms with van der Waals surface area (Å²) in [5.74, 6) is -1.00. The normalized spacial score (nSPS) is 14.4. The Morgan fingerprint density at radius 3 is 2.88 bits per heavy atom. The molecule has 0 aliphatic carbocycles. The number of benzene rings is 1. The van der Waals surface area contributed by atoms with E-state index >= 15 is 0 Å². The van der Waals surface area contributed by atoms with Crippen molar-refractivity contribution in [1.82, 2.24) is 0 Å². The molecule has 1 amide bonds. The largest absolute Gasteiger partial charge is 0.480 e. The van der Waals surface area contributed by atoms with Crippen LogP contribution in [0.3, 0.4) is 0 Å². The van der Waals surface area contributed by atoms with Crippen LogP contribution in [0.2, 0.25) is 5.02 Å². The summed E-state index contributed by atoms with van der Waals surface area (Å²) in [5, 5.41) is 9.05. The van der Waals surface area contributed by atoms with Gasteiger partial charge in [0.1, 0.15) is 0 Å². The van der Waals surface area contributed by atoms with E-state index in [4.69, 9.17) is 21.4 Å². The number of halogens is 1. The maximum atomic E-state index is 11.4. The molecule has 0 saturated carbocycles. The van der Waals surface area contributed by atoms with E-state index in [0.717, 1.165) is 0 Å². The first-order valence-corrected chi connectivity index (χ1v) is 4.84. The number of amides is 1. The molecule has 1 N–H and O–H groups in total. The van der Waals surface area contributed by atoms with Gasteiger partial charge in [0.05, 0.1) is 16.3 Å². The highest BCUT2D eigenvalue weighted by molar-refractivity contribution is 6.33. The Kier molecular flexibility index (Phi) is 2.47. The monoisotopic (exact) mass is 241 g/mol. The predicted molar refractivity (Wildman–Crippen MR) is 57.3 cm³/mol. The fourth-order valence-electron chi connectivity index (χ4n) is 1.46. The molecule has 16 heavy (non-hydrogen) atoms. The van der Waals surface area contributed by atoms with Gasteiger partial charge in [-0.15, -0.1) is 0 Å². The van der Waals surface area contributed by atoms with E-state index in [1.165, 1.54) is 17.0 Å². The molecule has 0 aromatic heterocycles. The molecule has 6 heteroatoms. The van der Waals surface area contributed by atoms with E-state index in [1.807, 2.05) is 0 Å². The zero-order chi connectivity index (χ0) is 11.9. The number of carboxylic acid groups (broad SMARTS) is 1. The van der Waals surface area contributed by atoms with Crippen molar-refractivity contribution in [2.75, 3.05) is 18.6 Å². The van der Waals surface area contributed by atoms with Crippen molar-refractivity contribution < 1.29 is 19.4 Å². The lowest BCUT2D eigenvalue weighted by molar-refractivity contribution is -0.120. The maximum absolute atomic E-state index is 11.4. The van der Waals surface area contributed by atoms with E-state index < -0.39 is 5.97 Å². The molecule has 1 aliphatic heterocycles. The fraction of sp³-hybridized carbons (Fsp3) is 0.200. The summed E-state index contributed by atoms with van der Waals surface area (Å²) in [6.07, 6.45) is 0. The van der Waals surface area contributed by atoms with Crippen molar-refractivity contribution in [1.29, 1.82) is 0 Å². The van der Waals surface area contributed by atoms with Crippen LogP contribution < -0.4 is 9.64 Å². The highest BCUT2D eigenvalue weighted by Crippen LogP contribution is 2.38. The number of fused-ring (bicyclic) bond motifs is 1. The molecule has 0 radical (unpaired) electrons. The number of likely N-dealkylation sites (N-methyl/N-ethyl adjacent to an activating group) is 1. The van der Waals surface area contributed by atoms with E-state index in [1.54, 1.807) is 7.05 Å². The summed E-state index contributed by atoms with van der Waals surface area (Å²) in [4.78, 5) is 23.5. The highest BCUT2D eigenvalue weighted by atomic mass is 35.5. The minimum Gasteiger partial charge on any atom is -0.480 e. The summed E-state index contributed by atoms with van der Waals surface area (Å²) >= 11 is 5.88. The third-order valence-corrected chi connectivity index (χ3v) is 2.63. The molecule has 0 spiro atoms. The fourth-order valence-corrected chi connectivity index (χ4v) is 1.73. The standard InChI is InChI=1S/C10H8ClNO4/c1-12-7-3-5(10(14)15)2-6(11)9(7)16-4-8(12)13/h2-3H,4H2,1H3,(H,14,15). The van der Waals surface area contributed by atoms with Gasteiger partial charge in [-0.1, -0.05) is 11.6 Å². The summed E-state index contributed by atoms with van der Waals surface area (Å²) in [6.45, 7) is -0.0877. The molecule has 0 saturated heterocycles. The van der Waals surface area contributed by atoms with Gasteiger partial charge in [-0.2, -0.15) is 0 Å². The second kappa shape index (κ2) is 3.68. The van der Waals surface area contributed by atoms with E-state index in [9.17, 15) is 9.59 Å². The minimum atomic E-state index is -1.10. The maximum Gasteiger partial charge on any atom is 0.335 e. The Morgan fingerprint density at radius 1 is 1.56 bits per heavy atom. The van der Waals surface area contributed by atoms with E-state index in [0.29, 0.717) is 11.4 Å². The van der Waals surface area contributed by atoms with Crippen molar-refractivity contribution >= 4 is 29.2 Å². The number of carboxylic acids is 1. The molecule has 0 unspecified atom stereocenters. The van der Waals surface area contributed by atoms with Crippen LogP contribution in [0.1, 0.15) is 10.4 Å². The highest BCUT2D eigenvalue weighted by Gasteiger charge is 2.26. The molecule has 1 aromatic carbocycles. The van der Waals surface area contributed by atoms with Crippen molar-refractivity contribution in [3.8, 4) is 5.75 Å². The van der Waals surface area contributed by atoms with Gasteiger partial charge in [-0.25, -0.2) is 4.79 Å². The van der Waals surface area contributed by atoms with Gasteiger partial charge in [0, 0.05) is 7.05 Å².